The number of rotatable bonds is 11. The molecule has 3 amide bonds. The highest BCUT2D eigenvalue weighted by Gasteiger charge is 2.59. The highest BCUT2D eigenvalue weighted by atomic mass is 127. The van der Waals surface area contributed by atoms with Gasteiger partial charge < -0.3 is 23.7 Å². The molecule has 0 saturated carbocycles. The minimum absolute atomic E-state index is 0.0843. The summed E-state index contributed by atoms with van der Waals surface area (Å²) in [7, 11) is -0.299. The van der Waals surface area contributed by atoms with Gasteiger partial charge in [0.1, 0.15) is 0 Å². The molecule has 57 heavy (non-hydrogen) atoms. The number of aromatic hydroxyl groups is 1. The fourth-order valence-electron chi connectivity index (χ4n) is 8.98. The monoisotopic (exact) mass is 898 g/mol. The van der Waals surface area contributed by atoms with Crippen molar-refractivity contribution in [2.75, 3.05) is 27.4 Å². The second-order valence-corrected chi connectivity index (χ2v) is 21.2. The Bertz CT molecular complexity index is 2170. The SMILES string of the molecule is COC(=O)N1C(=O)[C@@H]2[C@@H](CC(CO[Si](c3ccccc3)(c3ccccc3)C(C)(C)C)=C3[C@@H](CC/C(=C/c4cc(I)c(O)c(OC)c4)c4ccccn4)OC[C@@H]32)C1=O. The minimum Gasteiger partial charge on any atom is -0.504 e. The molecule has 3 heterocycles. The van der Waals surface area contributed by atoms with Crippen LogP contribution in [0.2, 0.25) is 5.04 Å². The number of pyridine rings is 1. The molecule has 0 spiro atoms. The van der Waals surface area contributed by atoms with Crippen LogP contribution in [0.15, 0.2) is 108 Å². The Kier molecular flexibility index (Phi) is 11.9. The first-order valence-electron chi connectivity index (χ1n) is 19.1. The molecule has 1 aromatic heterocycles. The van der Waals surface area contributed by atoms with Crippen LogP contribution in [-0.2, 0) is 23.5 Å². The molecule has 2 saturated heterocycles. The summed E-state index contributed by atoms with van der Waals surface area (Å²) >= 11 is 2.09. The lowest BCUT2D eigenvalue weighted by atomic mass is 9.69. The van der Waals surface area contributed by atoms with Gasteiger partial charge in [-0.05, 0) is 110 Å². The van der Waals surface area contributed by atoms with Gasteiger partial charge in [0.05, 0.1) is 54.6 Å². The fraction of sp³-hybridized carbons (Fsp3) is 0.333. The molecule has 296 valence electrons. The Morgan fingerprint density at radius 2 is 1.63 bits per heavy atom. The van der Waals surface area contributed by atoms with E-state index in [0.717, 1.165) is 38.4 Å². The maximum atomic E-state index is 13.9. The van der Waals surface area contributed by atoms with E-state index in [1.54, 1.807) is 12.3 Å². The van der Waals surface area contributed by atoms with Crippen molar-refractivity contribution < 1.29 is 38.1 Å². The van der Waals surface area contributed by atoms with Gasteiger partial charge in [0.25, 0.3) is 8.32 Å². The average molecular weight is 899 g/mol. The van der Waals surface area contributed by atoms with Gasteiger partial charge >= 0.3 is 6.09 Å². The Balaban J connectivity index is 1.30. The van der Waals surface area contributed by atoms with Crippen LogP contribution >= 0.6 is 22.6 Å². The number of hydrogen-bond acceptors (Lipinski definition) is 9. The molecule has 0 unspecified atom stereocenters. The summed E-state index contributed by atoms with van der Waals surface area (Å²) in [6.07, 6.45) is 3.84. The summed E-state index contributed by atoms with van der Waals surface area (Å²) in [4.78, 5) is 46.0. The number of nitrogens with zero attached hydrogens (tertiary/aromatic N) is 2. The Morgan fingerprint density at radius 1 is 0.965 bits per heavy atom. The predicted molar refractivity (Wildman–Crippen MR) is 228 cm³/mol. The standard InChI is InChI=1S/C45H47IN2O8Si/c1-45(2,3)57(31-14-8-6-9-15-31,32-16-10-7-11-17-32)56-26-30-25-33-40(43(51)48(42(33)50)44(52)54-5)34-27-55-37(39(30)34)20-19-29(36-18-12-13-21-47-36)22-28-23-35(46)41(49)38(24-28)53-4/h6-18,21-24,33-34,37,40,49H,19-20,25-27H2,1-5H3/b29-22-/t33-,34+,37-,40-/m1/s1. The highest BCUT2D eigenvalue weighted by Crippen LogP contribution is 2.51. The quantitative estimate of drug-likeness (QED) is 0.0711. The lowest BCUT2D eigenvalue weighted by molar-refractivity contribution is -0.137. The molecule has 3 aliphatic rings. The average Bonchev–Trinajstić information content (AvgIpc) is 3.75. The number of allylic oxidation sites excluding steroid dienone is 1. The molecule has 3 aromatic carbocycles. The van der Waals surface area contributed by atoms with E-state index in [0.29, 0.717) is 27.1 Å². The number of carbonyl (C=O) groups excluding carboxylic acids is 3. The summed E-state index contributed by atoms with van der Waals surface area (Å²) in [6.45, 7) is 7.13. The zero-order valence-corrected chi connectivity index (χ0v) is 35.9. The van der Waals surface area contributed by atoms with E-state index in [2.05, 4.69) is 72.6 Å². The third kappa shape index (κ3) is 7.60. The molecule has 1 aliphatic carbocycles. The van der Waals surface area contributed by atoms with Crippen LogP contribution in [0, 0.1) is 21.3 Å². The van der Waals surface area contributed by atoms with Gasteiger partial charge in [-0.2, -0.15) is 4.90 Å². The predicted octanol–water partition coefficient (Wildman–Crippen LogP) is 7.38. The number of carbonyl (C=O) groups is 3. The number of hydrogen-bond donors (Lipinski definition) is 1. The normalized spacial score (nSPS) is 21.1. The molecule has 1 N–H and O–H groups in total. The van der Waals surface area contributed by atoms with Crippen LogP contribution in [0.4, 0.5) is 4.79 Å². The number of phenols is 1. The molecule has 0 bridgehead atoms. The van der Waals surface area contributed by atoms with Crippen molar-refractivity contribution in [3.8, 4) is 11.5 Å². The summed E-state index contributed by atoms with van der Waals surface area (Å²) in [6, 6.07) is 30.3. The summed E-state index contributed by atoms with van der Waals surface area (Å²) in [5, 5.41) is 12.5. The molecule has 12 heteroatoms. The number of aromatic nitrogens is 1. The molecule has 7 rings (SSSR count). The third-order valence-corrected chi connectivity index (χ3v) is 17.3. The van der Waals surface area contributed by atoms with E-state index >= 15 is 0 Å². The topological polar surface area (TPSA) is 124 Å². The first kappa shape index (κ1) is 40.6. The lowest BCUT2D eigenvalue weighted by Crippen LogP contribution is -2.66. The number of fused-ring (bicyclic) bond motifs is 3. The Labute approximate surface area is 348 Å². The van der Waals surface area contributed by atoms with Crippen molar-refractivity contribution in [2.24, 2.45) is 17.8 Å². The molecule has 10 nitrogen and oxygen atoms in total. The van der Waals surface area contributed by atoms with Crippen LogP contribution in [0.25, 0.3) is 11.6 Å². The van der Waals surface area contributed by atoms with E-state index < -0.39 is 44.0 Å². The maximum absolute atomic E-state index is 13.9. The summed E-state index contributed by atoms with van der Waals surface area (Å²) in [5.74, 6) is -2.52. The van der Waals surface area contributed by atoms with E-state index in [1.165, 1.54) is 14.2 Å². The molecule has 4 aromatic rings. The van der Waals surface area contributed by atoms with Crippen LogP contribution in [-0.4, -0.2) is 74.8 Å². The van der Waals surface area contributed by atoms with Gasteiger partial charge in [-0.1, -0.05) is 87.5 Å². The first-order chi connectivity index (χ1) is 27.4. The number of likely N-dealkylation sites (tertiary alicyclic amines) is 1. The van der Waals surface area contributed by atoms with E-state index in [4.69, 9.17) is 18.6 Å². The molecule has 4 atom stereocenters. The number of phenolic OH excluding ortho intramolecular Hbond substituents is 1. The van der Waals surface area contributed by atoms with Crippen LogP contribution in [0.5, 0.6) is 11.5 Å². The Hall–Kier alpha value is -4.63. The van der Waals surface area contributed by atoms with Crippen molar-refractivity contribution in [1.82, 2.24) is 9.88 Å². The number of benzene rings is 3. The zero-order valence-electron chi connectivity index (χ0n) is 32.7. The zero-order chi connectivity index (χ0) is 40.5. The van der Waals surface area contributed by atoms with E-state index in [1.807, 2.05) is 66.7 Å². The number of ether oxygens (including phenoxy) is 3. The fourth-order valence-corrected chi connectivity index (χ4v) is 14.2. The van der Waals surface area contributed by atoms with E-state index in [-0.39, 0.29) is 36.5 Å². The van der Waals surface area contributed by atoms with E-state index in [9.17, 15) is 19.5 Å². The minimum atomic E-state index is -3.00. The van der Waals surface area contributed by atoms with Gasteiger partial charge in [-0.25, -0.2) is 4.79 Å². The van der Waals surface area contributed by atoms with Crippen LogP contribution in [0.1, 0.15) is 51.3 Å². The van der Waals surface area contributed by atoms with Crippen LogP contribution < -0.4 is 15.1 Å². The number of imide groups is 3. The molecule has 2 fully saturated rings. The van der Waals surface area contributed by atoms with Gasteiger partial charge in [-0.15, -0.1) is 0 Å². The largest absolute Gasteiger partial charge is 0.504 e. The molecule has 0 radical (unpaired) electrons. The number of amides is 3. The van der Waals surface area contributed by atoms with Gasteiger partial charge in [0, 0.05) is 12.1 Å². The smallest absolute Gasteiger partial charge is 0.423 e. The summed E-state index contributed by atoms with van der Waals surface area (Å²) < 4.78 is 25.1. The number of methoxy groups -OCH3 is 2. The van der Waals surface area contributed by atoms with Crippen molar-refractivity contribution in [3.05, 3.63) is 123 Å². The molecule has 2 aliphatic heterocycles. The molecular weight excluding hydrogens is 851 g/mol. The third-order valence-electron chi connectivity index (χ3n) is 11.5. The maximum Gasteiger partial charge on any atom is 0.423 e. The first-order valence-corrected chi connectivity index (χ1v) is 22.1. The van der Waals surface area contributed by atoms with Crippen LogP contribution in [0.3, 0.4) is 0 Å². The Morgan fingerprint density at radius 3 is 2.23 bits per heavy atom. The van der Waals surface area contributed by atoms with Crippen molar-refractivity contribution >= 4 is 70.8 Å². The number of halogens is 1. The van der Waals surface area contributed by atoms with Crippen molar-refractivity contribution in [2.45, 2.75) is 51.2 Å². The van der Waals surface area contributed by atoms with Crippen molar-refractivity contribution in [3.63, 3.8) is 0 Å². The van der Waals surface area contributed by atoms with Gasteiger partial charge in [-0.3, -0.25) is 14.6 Å². The summed E-state index contributed by atoms with van der Waals surface area (Å²) in [5.41, 5.74) is 4.51. The second-order valence-electron chi connectivity index (χ2n) is 15.7. The van der Waals surface area contributed by atoms with Crippen molar-refractivity contribution in [1.29, 1.82) is 0 Å². The van der Waals surface area contributed by atoms with Gasteiger partial charge in [0.15, 0.2) is 11.5 Å². The second kappa shape index (κ2) is 16.7. The van der Waals surface area contributed by atoms with Gasteiger partial charge in [0.2, 0.25) is 11.8 Å². The lowest BCUT2D eigenvalue weighted by Gasteiger charge is -2.44. The molecular formula is C45H47IN2O8Si. The highest BCUT2D eigenvalue weighted by molar-refractivity contribution is 14.1.